The summed E-state index contributed by atoms with van der Waals surface area (Å²) in [5.41, 5.74) is 1.39. The molecule has 8 atom stereocenters. The molecule has 4 fully saturated rings. The molecule has 5 aliphatic rings. The second-order valence-corrected chi connectivity index (χ2v) is 9.75. The third kappa shape index (κ3) is 1.60. The van der Waals surface area contributed by atoms with Crippen molar-refractivity contribution < 1.29 is 14.6 Å². The molecule has 3 nitrogen and oxygen atoms in total. The lowest BCUT2D eigenvalue weighted by Gasteiger charge is -2.58. The number of rotatable bonds is 1. The molecule has 0 aromatic heterocycles. The summed E-state index contributed by atoms with van der Waals surface area (Å²) in [6.45, 7) is 6.54. The largest absolute Gasteiger partial charge is 0.393 e. The van der Waals surface area contributed by atoms with Crippen molar-refractivity contribution in [3.63, 3.8) is 0 Å². The number of ether oxygens (including phenoxy) is 1. The van der Waals surface area contributed by atoms with Gasteiger partial charge in [-0.1, -0.05) is 25.5 Å². The quantitative estimate of drug-likeness (QED) is 0.590. The minimum absolute atomic E-state index is 0.0422. The number of aliphatic hydroxyl groups is 1. The van der Waals surface area contributed by atoms with Gasteiger partial charge < -0.3 is 9.84 Å². The molecule has 132 valence electrons. The lowest BCUT2D eigenvalue weighted by molar-refractivity contribution is -0.135. The van der Waals surface area contributed by atoms with E-state index in [0.717, 1.165) is 44.4 Å². The second kappa shape index (κ2) is 4.54. The molecule has 0 unspecified atom stereocenters. The molecule has 1 aliphatic heterocycles. The first-order valence-corrected chi connectivity index (χ1v) is 9.89. The minimum Gasteiger partial charge on any atom is -0.393 e. The molecule has 0 aromatic carbocycles. The van der Waals surface area contributed by atoms with Crippen molar-refractivity contribution in [1.29, 1.82) is 0 Å². The molecule has 0 bridgehead atoms. The van der Waals surface area contributed by atoms with E-state index >= 15 is 0 Å². The monoisotopic (exact) mass is 330 g/mol. The van der Waals surface area contributed by atoms with Crippen LogP contribution >= 0.6 is 0 Å². The van der Waals surface area contributed by atoms with E-state index in [0.29, 0.717) is 11.8 Å². The van der Waals surface area contributed by atoms with Gasteiger partial charge >= 0.3 is 0 Å². The molecule has 0 spiro atoms. The van der Waals surface area contributed by atoms with Gasteiger partial charge in [0.25, 0.3) is 0 Å². The van der Waals surface area contributed by atoms with Gasteiger partial charge in [0.05, 0.1) is 12.2 Å². The third-order valence-electron chi connectivity index (χ3n) is 9.03. The second-order valence-electron chi connectivity index (χ2n) is 9.75. The smallest absolute Gasteiger partial charge is 0.164 e. The molecule has 5 rings (SSSR count). The van der Waals surface area contributed by atoms with Crippen LogP contribution in [0.5, 0.6) is 0 Å². The molecule has 0 aromatic rings. The van der Waals surface area contributed by atoms with Crippen molar-refractivity contribution in [2.45, 2.75) is 83.5 Å². The zero-order valence-corrected chi connectivity index (χ0v) is 15.2. The zero-order chi connectivity index (χ0) is 16.9. The fraction of sp³-hybridized carbons (Fsp3) is 0.857. The van der Waals surface area contributed by atoms with Crippen molar-refractivity contribution in [2.75, 3.05) is 0 Å². The average molecular weight is 330 g/mol. The van der Waals surface area contributed by atoms with Crippen LogP contribution in [0.1, 0.15) is 65.7 Å². The molecule has 0 radical (unpaired) electrons. The van der Waals surface area contributed by atoms with E-state index in [1.54, 1.807) is 6.92 Å². The summed E-state index contributed by atoms with van der Waals surface area (Å²) < 4.78 is 6.00. The van der Waals surface area contributed by atoms with Gasteiger partial charge in [-0.15, -0.1) is 0 Å². The molecule has 0 amide bonds. The van der Waals surface area contributed by atoms with Crippen LogP contribution in [0.4, 0.5) is 0 Å². The number of hydrogen-bond acceptors (Lipinski definition) is 3. The molecule has 3 saturated carbocycles. The Bertz CT molecular complexity index is 639. The van der Waals surface area contributed by atoms with Crippen LogP contribution in [0.25, 0.3) is 0 Å². The van der Waals surface area contributed by atoms with Gasteiger partial charge in [0.2, 0.25) is 0 Å². The van der Waals surface area contributed by atoms with E-state index in [2.05, 4.69) is 19.9 Å². The van der Waals surface area contributed by atoms with Crippen LogP contribution in [-0.4, -0.2) is 28.7 Å². The Morgan fingerprint density at radius 1 is 1.25 bits per heavy atom. The Balaban J connectivity index is 1.51. The van der Waals surface area contributed by atoms with Crippen LogP contribution in [0.2, 0.25) is 0 Å². The lowest BCUT2D eigenvalue weighted by Crippen LogP contribution is -2.54. The van der Waals surface area contributed by atoms with Crippen molar-refractivity contribution in [1.82, 2.24) is 0 Å². The number of Topliss-reactive ketones (excluding diaryl/α,β-unsaturated/α-hetero) is 1. The Morgan fingerprint density at radius 2 is 2.04 bits per heavy atom. The van der Waals surface area contributed by atoms with E-state index in [-0.39, 0.29) is 28.8 Å². The number of fused-ring (bicyclic) bond motifs is 7. The third-order valence-corrected chi connectivity index (χ3v) is 9.03. The van der Waals surface area contributed by atoms with E-state index in [1.165, 1.54) is 12.0 Å². The molecule has 24 heavy (non-hydrogen) atoms. The summed E-state index contributed by atoms with van der Waals surface area (Å²) in [7, 11) is 0. The first kappa shape index (κ1) is 15.6. The summed E-state index contributed by atoms with van der Waals surface area (Å²) in [6.07, 6.45) is 10.0. The van der Waals surface area contributed by atoms with E-state index in [9.17, 15) is 9.90 Å². The summed E-state index contributed by atoms with van der Waals surface area (Å²) in [5.74, 6) is 2.31. The first-order chi connectivity index (χ1) is 11.3. The van der Waals surface area contributed by atoms with Crippen LogP contribution in [0.15, 0.2) is 11.6 Å². The number of hydrogen-bond donors (Lipinski definition) is 1. The van der Waals surface area contributed by atoms with Crippen molar-refractivity contribution in [3.8, 4) is 0 Å². The highest BCUT2D eigenvalue weighted by Gasteiger charge is 2.79. The molecular formula is C21H30O3. The fourth-order valence-corrected chi connectivity index (χ4v) is 7.71. The predicted octanol–water partition coefficient (Wildman–Crippen LogP) is 3.65. The number of carbonyl (C=O) groups excluding carboxylic acids is 1. The van der Waals surface area contributed by atoms with Gasteiger partial charge in [-0.2, -0.15) is 0 Å². The van der Waals surface area contributed by atoms with Crippen LogP contribution in [-0.2, 0) is 9.53 Å². The number of ketones is 1. The first-order valence-electron chi connectivity index (χ1n) is 9.89. The minimum atomic E-state index is -0.448. The summed E-state index contributed by atoms with van der Waals surface area (Å²) in [5, 5.41) is 10.1. The van der Waals surface area contributed by atoms with Gasteiger partial charge in [-0.05, 0) is 75.0 Å². The molecule has 3 heteroatoms. The topological polar surface area (TPSA) is 49.8 Å². The number of carbonyl (C=O) groups is 1. The summed E-state index contributed by atoms with van der Waals surface area (Å²) in [6, 6.07) is 0. The van der Waals surface area contributed by atoms with Gasteiger partial charge in [0.1, 0.15) is 0 Å². The van der Waals surface area contributed by atoms with Gasteiger partial charge in [-0.3, -0.25) is 4.79 Å². The SMILES string of the molecule is CC(=O)[C@@]12O[C@@H]1C[C@H]1[C@@H]3CC=C4C[C@@H](O)CC[C@]4(C)[C@@H]3CC[C@]12C. The number of epoxide rings is 1. The number of allylic oxidation sites excluding steroid dienone is 1. The summed E-state index contributed by atoms with van der Waals surface area (Å²) in [4.78, 5) is 12.4. The van der Waals surface area contributed by atoms with E-state index in [1.807, 2.05) is 0 Å². The Hall–Kier alpha value is -0.670. The normalized spacial score (nSPS) is 58.0. The van der Waals surface area contributed by atoms with E-state index in [4.69, 9.17) is 4.74 Å². The van der Waals surface area contributed by atoms with Gasteiger partial charge in [0.15, 0.2) is 11.4 Å². The van der Waals surface area contributed by atoms with Gasteiger partial charge in [-0.25, -0.2) is 0 Å². The van der Waals surface area contributed by atoms with Crippen LogP contribution in [0, 0.1) is 28.6 Å². The zero-order valence-electron chi connectivity index (χ0n) is 15.2. The maximum absolute atomic E-state index is 12.4. The highest BCUT2D eigenvalue weighted by Crippen LogP contribution is 2.73. The highest BCUT2D eigenvalue weighted by molar-refractivity contribution is 5.90. The van der Waals surface area contributed by atoms with Gasteiger partial charge in [0, 0.05) is 5.41 Å². The number of aliphatic hydroxyl groups excluding tert-OH is 1. The molecule has 4 aliphatic carbocycles. The predicted molar refractivity (Wildman–Crippen MR) is 91.4 cm³/mol. The maximum atomic E-state index is 12.4. The highest BCUT2D eigenvalue weighted by atomic mass is 16.6. The lowest BCUT2D eigenvalue weighted by atomic mass is 9.47. The Morgan fingerprint density at radius 3 is 2.79 bits per heavy atom. The average Bonchev–Trinajstić information content (AvgIpc) is 3.21. The van der Waals surface area contributed by atoms with Crippen LogP contribution < -0.4 is 0 Å². The van der Waals surface area contributed by atoms with Crippen molar-refractivity contribution in [3.05, 3.63) is 11.6 Å². The fourth-order valence-electron chi connectivity index (χ4n) is 7.71. The Kier molecular flexibility index (Phi) is 2.94. The van der Waals surface area contributed by atoms with Crippen LogP contribution in [0.3, 0.4) is 0 Å². The maximum Gasteiger partial charge on any atom is 0.164 e. The molecular weight excluding hydrogens is 300 g/mol. The molecule has 1 N–H and O–H groups in total. The standard InChI is InChI=1S/C21H30O3/c1-12(22)21-18(24-21)11-17-15-5-4-13-10-14(23)6-8-19(13,2)16(15)7-9-20(17,21)3/h4,14-18,23H,5-11H2,1-3H3/t14-,15+,16+,17-,18+,19-,20+,21+/m0/s1. The summed E-state index contributed by atoms with van der Waals surface area (Å²) >= 11 is 0. The molecule has 1 heterocycles. The van der Waals surface area contributed by atoms with E-state index < -0.39 is 5.60 Å². The van der Waals surface area contributed by atoms with Crippen molar-refractivity contribution in [2.24, 2.45) is 28.6 Å². The Labute approximate surface area is 144 Å². The molecule has 1 saturated heterocycles. The van der Waals surface area contributed by atoms with Crippen molar-refractivity contribution >= 4 is 5.78 Å².